The second-order valence-corrected chi connectivity index (χ2v) is 6.70. The third kappa shape index (κ3) is 4.51. The summed E-state index contributed by atoms with van der Waals surface area (Å²) in [6.45, 7) is 0.139. The number of carbonyl (C=O) groups is 2. The van der Waals surface area contributed by atoms with Gasteiger partial charge in [0.25, 0.3) is 0 Å². The predicted octanol–water partition coefficient (Wildman–Crippen LogP) is 3.71. The normalized spacial score (nSPS) is 19.0. The lowest BCUT2D eigenvalue weighted by Gasteiger charge is -2.20. The van der Waals surface area contributed by atoms with Gasteiger partial charge in [-0.05, 0) is 29.8 Å². The lowest BCUT2D eigenvalue weighted by atomic mass is 10.2. The second-order valence-electron chi connectivity index (χ2n) is 6.29. The number of ether oxygens (including phenoxy) is 2. The molecule has 2 atom stereocenters. The Morgan fingerprint density at radius 1 is 1.18 bits per heavy atom. The van der Waals surface area contributed by atoms with Crippen molar-refractivity contribution in [3.8, 4) is 5.75 Å². The Kier molecular flexibility index (Phi) is 6.31. The number of esters is 1. The van der Waals surface area contributed by atoms with Gasteiger partial charge in [-0.2, -0.15) is 0 Å². The summed E-state index contributed by atoms with van der Waals surface area (Å²) in [7, 11) is 1.26. The molecule has 2 aromatic carbocycles. The zero-order chi connectivity index (χ0) is 20.1. The lowest BCUT2D eigenvalue weighted by molar-refractivity contribution is -0.149. The number of rotatable bonds is 5. The Balaban J connectivity index is 1.75. The molecule has 1 saturated heterocycles. The summed E-state index contributed by atoms with van der Waals surface area (Å²) in [4.78, 5) is 26.2. The van der Waals surface area contributed by atoms with E-state index >= 15 is 0 Å². The summed E-state index contributed by atoms with van der Waals surface area (Å²) in [5.74, 6) is -1.34. The minimum Gasteiger partial charge on any atom is -0.485 e. The first kappa shape index (κ1) is 19.9. The van der Waals surface area contributed by atoms with Crippen LogP contribution in [0.2, 0.25) is 5.02 Å². The van der Waals surface area contributed by atoms with E-state index in [1.54, 1.807) is 42.5 Å². The number of methoxy groups -OCH3 is 1. The van der Waals surface area contributed by atoms with Gasteiger partial charge in [-0.15, -0.1) is 0 Å². The Morgan fingerprint density at radius 3 is 2.61 bits per heavy atom. The summed E-state index contributed by atoms with van der Waals surface area (Å²) in [5.41, 5.74) is 0.686. The molecule has 3 rings (SSSR count). The number of likely N-dealkylation sites (tertiary alicyclic amines) is 1. The first-order valence-electron chi connectivity index (χ1n) is 8.72. The molecule has 0 aromatic heterocycles. The molecule has 1 amide bonds. The minimum absolute atomic E-state index is 0.0806. The SMILES string of the molecule is COC(=O)C1CC(Oc2ccccc2F)CN1C(=O)/C=C/c1ccccc1Cl. The van der Waals surface area contributed by atoms with Crippen LogP contribution in [0, 0.1) is 5.82 Å². The van der Waals surface area contributed by atoms with Crippen LogP contribution in [0.3, 0.4) is 0 Å². The van der Waals surface area contributed by atoms with E-state index in [2.05, 4.69) is 0 Å². The third-order valence-electron chi connectivity index (χ3n) is 4.46. The van der Waals surface area contributed by atoms with Gasteiger partial charge < -0.3 is 14.4 Å². The summed E-state index contributed by atoms with van der Waals surface area (Å²) in [5, 5.41) is 0.512. The smallest absolute Gasteiger partial charge is 0.328 e. The van der Waals surface area contributed by atoms with Crippen LogP contribution in [-0.2, 0) is 14.3 Å². The molecule has 0 spiro atoms. The van der Waals surface area contributed by atoms with Crippen LogP contribution >= 0.6 is 11.6 Å². The molecular weight excluding hydrogens is 385 g/mol. The average molecular weight is 404 g/mol. The number of para-hydroxylation sites is 1. The summed E-state index contributed by atoms with van der Waals surface area (Å²) in [6.07, 6.45) is 2.62. The van der Waals surface area contributed by atoms with Crippen molar-refractivity contribution in [1.82, 2.24) is 4.90 Å². The van der Waals surface area contributed by atoms with Crippen molar-refractivity contribution in [3.63, 3.8) is 0 Å². The van der Waals surface area contributed by atoms with Crippen molar-refractivity contribution in [2.45, 2.75) is 18.6 Å². The van der Waals surface area contributed by atoms with E-state index < -0.39 is 23.9 Å². The molecule has 0 aliphatic carbocycles. The molecule has 0 radical (unpaired) electrons. The topological polar surface area (TPSA) is 55.8 Å². The molecule has 7 heteroatoms. The van der Waals surface area contributed by atoms with Gasteiger partial charge in [0.05, 0.1) is 13.7 Å². The number of carbonyl (C=O) groups excluding carboxylic acids is 2. The number of hydrogen-bond donors (Lipinski definition) is 0. The number of hydrogen-bond acceptors (Lipinski definition) is 4. The summed E-state index contributed by atoms with van der Waals surface area (Å²) in [6, 6.07) is 12.3. The number of halogens is 2. The van der Waals surface area contributed by atoms with E-state index in [9.17, 15) is 14.0 Å². The van der Waals surface area contributed by atoms with Crippen molar-refractivity contribution in [1.29, 1.82) is 0 Å². The second kappa shape index (κ2) is 8.89. The monoisotopic (exact) mass is 403 g/mol. The molecule has 1 aliphatic rings. The van der Waals surface area contributed by atoms with E-state index in [1.807, 2.05) is 0 Å². The van der Waals surface area contributed by atoms with Crippen LogP contribution in [0.15, 0.2) is 54.6 Å². The zero-order valence-electron chi connectivity index (χ0n) is 15.2. The van der Waals surface area contributed by atoms with Crippen molar-refractivity contribution >= 4 is 29.6 Å². The molecule has 0 saturated carbocycles. The molecule has 2 aromatic rings. The van der Waals surface area contributed by atoms with Gasteiger partial charge in [0.15, 0.2) is 11.6 Å². The van der Waals surface area contributed by atoms with E-state index in [1.165, 1.54) is 30.2 Å². The third-order valence-corrected chi connectivity index (χ3v) is 4.80. The molecule has 146 valence electrons. The highest BCUT2D eigenvalue weighted by Gasteiger charge is 2.41. The zero-order valence-corrected chi connectivity index (χ0v) is 15.9. The molecule has 5 nitrogen and oxygen atoms in total. The van der Waals surface area contributed by atoms with Gasteiger partial charge in [-0.3, -0.25) is 4.79 Å². The van der Waals surface area contributed by atoms with Gasteiger partial charge in [-0.25, -0.2) is 9.18 Å². The standard InChI is InChI=1S/C21H19ClFNO4/c1-27-21(26)18-12-15(28-19-9-5-4-8-17(19)23)13-24(18)20(25)11-10-14-6-2-3-7-16(14)22/h2-11,15,18H,12-13H2,1H3/b11-10+. The van der Waals surface area contributed by atoms with E-state index in [0.29, 0.717) is 10.6 Å². The van der Waals surface area contributed by atoms with Crippen molar-refractivity contribution in [2.24, 2.45) is 0 Å². The molecular formula is C21H19ClFNO4. The Bertz CT molecular complexity index is 901. The highest BCUT2D eigenvalue weighted by atomic mass is 35.5. The Hall–Kier alpha value is -2.86. The Morgan fingerprint density at radius 2 is 1.89 bits per heavy atom. The molecule has 28 heavy (non-hydrogen) atoms. The van der Waals surface area contributed by atoms with Crippen molar-refractivity contribution < 1.29 is 23.5 Å². The maximum atomic E-state index is 13.8. The molecule has 0 bridgehead atoms. The van der Waals surface area contributed by atoms with Crippen LogP contribution in [0.5, 0.6) is 5.75 Å². The maximum absolute atomic E-state index is 13.8. The highest BCUT2D eigenvalue weighted by molar-refractivity contribution is 6.32. The highest BCUT2D eigenvalue weighted by Crippen LogP contribution is 2.26. The molecule has 1 aliphatic heterocycles. The first-order chi connectivity index (χ1) is 13.5. The fourth-order valence-electron chi connectivity index (χ4n) is 3.07. The molecule has 0 N–H and O–H groups in total. The number of nitrogens with zero attached hydrogens (tertiary/aromatic N) is 1. The van der Waals surface area contributed by atoms with E-state index in [4.69, 9.17) is 21.1 Å². The number of amides is 1. The van der Waals surface area contributed by atoms with Crippen LogP contribution < -0.4 is 4.74 Å². The minimum atomic E-state index is -0.801. The first-order valence-corrected chi connectivity index (χ1v) is 9.09. The molecule has 1 heterocycles. The quantitative estimate of drug-likeness (QED) is 0.564. The average Bonchev–Trinajstić information content (AvgIpc) is 3.12. The molecule has 2 unspecified atom stereocenters. The van der Waals surface area contributed by atoms with Crippen molar-refractivity contribution in [2.75, 3.05) is 13.7 Å². The van der Waals surface area contributed by atoms with Crippen LogP contribution in [0.25, 0.3) is 6.08 Å². The van der Waals surface area contributed by atoms with Gasteiger partial charge >= 0.3 is 5.97 Å². The van der Waals surface area contributed by atoms with E-state index in [0.717, 1.165) is 0 Å². The van der Waals surface area contributed by atoms with Crippen LogP contribution in [0.4, 0.5) is 4.39 Å². The van der Waals surface area contributed by atoms with Gasteiger partial charge in [0.1, 0.15) is 12.1 Å². The van der Waals surface area contributed by atoms with Gasteiger partial charge in [-0.1, -0.05) is 41.9 Å². The fourth-order valence-corrected chi connectivity index (χ4v) is 3.27. The predicted molar refractivity (Wildman–Crippen MR) is 103 cm³/mol. The lowest BCUT2D eigenvalue weighted by Crippen LogP contribution is -2.40. The fraction of sp³-hybridized carbons (Fsp3) is 0.238. The molecule has 1 fully saturated rings. The number of benzene rings is 2. The van der Waals surface area contributed by atoms with Crippen LogP contribution in [-0.4, -0.2) is 42.6 Å². The summed E-state index contributed by atoms with van der Waals surface area (Å²) < 4.78 is 24.3. The largest absolute Gasteiger partial charge is 0.485 e. The maximum Gasteiger partial charge on any atom is 0.328 e. The summed E-state index contributed by atoms with van der Waals surface area (Å²) >= 11 is 6.09. The van der Waals surface area contributed by atoms with Crippen LogP contribution in [0.1, 0.15) is 12.0 Å². The van der Waals surface area contributed by atoms with Gasteiger partial charge in [0.2, 0.25) is 5.91 Å². The Labute approximate surface area is 167 Å². The van der Waals surface area contributed by atoms with Crippen molar-refractivity contribution in [3.05, 3.63) is 71.0 Å². The van der Waals surface area contributed by atoms with Gasteiger partial charge in [0, 0.05) is 17.5 Å². The van der Waals surface area contributed by atoms with E-state index in [-0.39, 0.29) is 24.6 Å².